The van der Waals surface area contributed by atoms with Crippen molar-refractivity contribution in [3.63, 3.8) is 0 Å². The monoisotopic (exact) mass is 467 g/mol. The summed E-state index contributed by atoms with van der Waals surface area (Å²) in [6, 6.07) is 5.54. The standard InChI is InChI=1S/C21H29N3O9/c1-3-31-16(26)10-14(20(29)32-4-2)17(18(22)27)24-19(28)15(11-25)23-21(30)33-12-13-8-6-5-7-9-13/h5-9,14-15,17,25H,3-4,10-12H2,1-2H3,(H2,22,27)(H,23,30)(H,24,28)/t14-,15-,17-/m0/s1. The first-order valence-corrected chi connectivity index (χ1v) is 10.2. The highest BCUT2D eigenvalue weighted by Crippen LogP contribution is 2.14. The summed E-state index contributed by atoms with van der Waals surface area (Å²) in [6.07, 6.45) is -1.59. The van der Waals surface area contributed by atoms with Crippen molar-refractivity contribution in [2.75, 3.05) is 19.8 Å². The number of carbonyl (C=O) groups is 5. The molecule has 1 rings (SSSR count). The van der Waals surface area contributed by atoms with E-state index < -0.39 is 60.9 Å². The molecule has 0 aliphatic rings. The number of carbonyl (C=O) groups excluding carboxylic acids is 5. The van der Waals surface area contributed by atoms with Crippen LogP contribution in [-0.2, 0) is 40.0 Å². The average molecular weight is 467 g/mol. The van der Waals surface area contributed by atoms with Crippen molar-refractivity contribution in [3.8, 4) is 0 Å². The molecule has 12 nitrogen and oxygen atoms in total. The number of hydrogen-bond donors (Lipinski definition) is 4. The molecular weight excluding hydrogens is 438 g/mol. The Kier molecular flexibility index (Phi) is 11.9. The lowest BCUT2D eigenvalue weighted by Crippen LogP contribution is -2.58. The number of rotatable bonds is 13. The van der Waals surface area contributed by atoms with Gasteiger partial charge in [-0.3, -0.25) is 19.2 Å². The molecule has 0 saturated carbocycles. The molecule has 12 heteroatoms. The quantitative estimate of drug-likeness (QED) is 0.217. The first-order valence-electron chi connectivity index (χ1n) is 10.2. The first-order chi connectivity index (χ1) is 15.7. The lowest BCUT2D eigenvalue weighted by Gasteiger charge is -2.25. The van der Waals surface area contributed by atoms with Crippen LogP contribution in [0.15, 0.2) is 30.3 Å². The molecule has 5 N–H and O–H groups in total. The van der Waals surface area contributed by atoms with Crippen molar-refractivity contribution < 1.29 is 43.3 Å². The van der Waals surface area contributed by atoms with E-state index in [-0.39, 0.29) is 19.8 Å². The van der Waals surface area contributed by atoms with Crippen LogP contribution < -0.4 is 16.4 Å². The van der Waals surface area contributed by atoms with E-state index in [4.69, 9.17) is 19.9 Å². The Hall–Kier alpha value is -3.67. The van der Waals surface area contributed by atoms with Crippen LogP contribution in [0.5, 0.6) is 0 Å². The third-order valence-electron chi connectivity index (χ3n) is 4.29. The molecular formula is C21H29N3O9. The summed E-state index contributed by atoms with van der Waals surface area (Å²) in [7, 11) is 0. The smallest absolute Gasteiger partial charge is 0.408 e. The molecule has 0 unspecified atom stereocenters. The van der Waals surface area contributed by atoms with Gasteiger partial charge in [0.15, 0.2) is 0 Å². The third-order valence-corrected chi connectivity index (χ3v) is 4.29. The van der Waals surface area contributed by atoms with Gasteiger partial charge in [-0.1, -0.05) is 30.3 Å². The molecule has 182 valence electrons. The van der Waals surface area contributed by atoms with Crippen molar-refractivity contribution in [2.24, 2.45) is 11.7 Å². The molecule has 0 fully saturated rings. The van der Waals surface area contributed by atoms with Gasteiger partial charge in [-0.2, -0.15) is 0 Å². The van der Waals surface area contributed by atoms with Gasteiger partial charge in [0.2, 0.25) is 11.8 Å². The minimum absolute atomic E-state index is 0.0313. The molecule has 3 amide bonds. The van der Waals surface area contributed by atoms with Crippen LogP contribution in [0.25, 0.3) is 0 Å². The number of aliphatic hydroxyl groups excluding tert-OH is 1. The SMILES string of the molecule is CCOC(=O)C[C@H](C(=O)OCC)[C@H](NC(=O)[C@H](CO)NC(=O)OCc1ccccc1)C(N)=O. The van der Waals surface area contributed by atoms with E-state index in [9.17, 15) is 29.1 Å². The number of nitrogens with one attached hydrogen (secondary N) is 2. The maximum atomic E-state index is 12.6. The summed E-state index contributed by atoms with van der Waals surface area (Å²) in [6.45, 7) is 2.12. The molecule has 0 aliphatic carbocycles. The number of ether oxygens (including phenoxy) is 3. The predicted octanol–water partition coefficient (Wildman–Crippen LogP) is -0.624. The lowest BCUT2D eigenvalue weighted by atomic mass is 9.95. The Bertz CT molecular complexity index is 816. The zero-order valence-corrected chi connectivity index (χ0v) is 18.4. The van der Waals surface area contributed by atoms with E-state index >= 15 is 0 Å². The average Bonchev–Trinajstić information content (AvgIpc) is 2.79. The number of primary amides is 1. The van der Waals surface area contributed by atoms with E-state index in [2.05, 4.69) is 10.6 Å². The fourth-order valence-corrected chi connectivity index (χ4v) is 2.71. The summed E-state index contributed by atoms with van der Waals surface area (Å²) in [5.41, 5.74) is 6.03. The second-order valence-electron chi connectivity index (χ2n) is 6.70. The fourth-order valence-electron chi connectivity index (χ4n) is 2.71. The Morgan fingerprint density at radius 1 is 0.970 bits per heavy atom. The number of alkyl carbamates (subject to hydrolysis) is 1. The minimum Gasteiger partial charge on any atom is -0.466 e. The number of nitrogens with two attached hydrogens (primary N) is 1. The Morgan fingerprint density at radius 3 is 2.15 bits per heavy atom. The van der Waals surface area contributed by atoms with E-state index in [0.717, 1.165) is 0 Å². The van der Waals surface area contributed by atoms with E-state index in [1.807, 2.05) is 0 Å². The molecule has 3 atom stereocenters. The van der Waals surface area contributed by atoms with Crippen molar-refractivity contribution >= 4 is 29.8 Å². The molecule has 0 heterocycles. The highest BCUT2D eigenvalue weighted by atomic mass is 16.6. The predicted molar refractivity (Wildman–Crippen MR) is 113 cm³/mol. The van der Waals surface area contributed by atoms with Gasteiger partial charge >= 0.3 is 18.0 Å². The Morgan fingerprint density at radius 2 is 1.61 bits per heavy atom. The van der Waals surface area contributed by atoms with E-state index in [1.54, 1.807) is 37.3 Å². The van der Waals surface area contributed by atoms with Crippen molar-refractivity contribution in [2.45, 2.75) is 39.0 Å². The normalized spacial score (nSPS) is 13.1. The van der Waals surface area contributed by atoms with Gasteiger partial charge in [0, 0.05) is 0 Å². The summed E-state index contributed by atoms with van der Waals surface area (Å²) in [5, 5.41) is 13.8. The maximum Gasteiger partial charge on any atom is 0.408 e. The highest BCUT2D eigenvalue weighted by Gasteiger charge is 2.38. The highest BCUT2D eigenvalue weighted by molar-refractivity contribution is 5.94. The summed E-state index contributed by atoms with van der Waals surface area (Å²) >= 11 is 0. The first kappa shape index (κ1) is 27.4. The number of esters is 2. The number of hydrogen-bond acceptors (Lipinski definition) is 9. The molecule has 0 bridgehead atoms. The molecule has 1 aromatic carbocycles. The zero-order valence-electron chi connectivity index (χ0n) is 18.4. The van der Waals surface area contributed by atoms with E-state index in [1.165, 1.54) is 6.92 Å². The largest absolute Gasteiger partial charge is 0.466 e. The van der Waals surface area contributed by atoms with Crippen LogP contribution in [0.3, 0.4) is 0 Å². The maximum absolute atomic E-state index is 12.6. The van der Waals surface area contributed by atoms with E-state index in [0.29, 0.717) is 5.56 Å². The van der Waals surface area contributed by atoms with Crippen LogP contribution in [0, 0.1) is 5.92 Å². The number of aliphatic hydroxyl groups is 1. The topological polar surface area (TPSA) is 183 Å². The van der Waals surface area contributed by atoms with Crippen LogP contribution in [0.4, 0.5) is 4.79 Å². The van der Waals surface area contributed by atoms with Crippen molar-refractivity contribution in [1.82, 2.24) is 10.6 Å². The van der Waals surface area contributed by atoms with Crippen LogP contribution >= 0.6 is 0 Å². The van der Waals surface area contributed by atoms with Crippen molar-refractivity contribution in [1.29, 1.82) is 0 Å². The number of benzene rings is 1. The zero-order chi connectivity index (χ0) is 24.8. The van der Waals surface area contributed by atoms with Gasteiger partial charge in [0.05, 0.1) is 32.2 Å². The van der Waals surface area contributed by atoms with Crippen LogP contribution in [-0.4, -0.2) is 66.9 Å². The Balaban J connectivity index is 2.86. The Labute approximate surface area is 190 Å². The molecule has 0 aromatic heterocycles. The van der Waals surface area contributed by atoms with Gasteiger partial charge < -0.3 is 35.7 Å². The molecule has 33 heavy (non-hydrogen) atoms. The minimum atomic E-state index is -1.67. The van der Waals surface area contributed by atoms with Crippen LogP contribution in [0.1, 0.15) is 25.8 Å². The molecule has 1 aromatic rings. The number of amides is 3. The van der Waals surface area contributed by atoms with Gasteiger partial charge in [-0.15, -0.1) is 0 Å². The second-order valence-corrected chi connectivity index (χ2v) is 6.70. The molecule has 0 radical (unpaired) electrons. The summed E-state index contributed by atoms with van der Waals surface area (Å²) < 4.78 is 14.7. The second kappa shape index (κ2) is 14.4. The molecule has 0 saturated heterocycles. The van der Waals surface area contributed by atoms with Crippen LogP contribution in [0.2, 0.25) is 0 Å². The van der Waals surface area contributed by atoms with Gasteiger partial charge in [0.25, 0.3) is 0 Å². The molecule has 0 aliphatic heterocycles. The lowest BCUT2D eigenvalue weighted by molar-refractivity contribution is -0.157. The van der Waals surface area contributed by atoms with Gasteiger partial charge in [0.1, 0.15) is 18.7 Å². The summed E-state index contributed by atoms with van der Waals surface area (Å²) in [4.78, 5) is 60.8. The summed E-state index contributed by atoms with van der Waals surface area (Å²) in [5.74, 6) is -5.40. The van der Waals surface area contributed by atoms with Gasteiger partial charge in [-0.25, -0.2) is 4.79 Å². The van der Waals surface area contributed by atoms with Crippen molar-refractivity contribution in [3.05, 3.63) is 35.9 Å². The molecule has 0 spiro atoms. The fraction of sp³-hybridized carbons (Fsp3) is 0.476. The third kappa shape index (κ3) is 9.56. The van der Waals surface area contributed by atoms with Gasteiger partial charge in [-0.05, 0) is 19.4 Å².